The van der Waals surface area contributed by atoms with Crippen LogP contribution in [0.4, 0.5) is 0 Å². The molecule has 1 aromatic rings. The average molecular weight is 328 g/mol. The Hall–Kier alpha value is -1.90. The first-order valence-electron chi connectivity index (χ1n) is 8.43. The first kappa shape index (κ1) is 16.9. The lowest BCUT2D eigenvalue weighted by molar-refractivity contribution is -0.156. The minimum atomic E-state index is -0.502. The third-order valence-corrected chi connectivity index (χ3v) is 4.52. The number of hydrogen-bond acceptors (Lipinski definition) is 4. The van der Waals surface area contributed by atoms with Crippen LogP contribution in [0.3, 0.4) is 0 Å². The molecule has 0 unspecified atom stereocenters. The van der Waals surface area contributed by atoms with Crippen molar-refractivity contribution in [2.45, 2.75) is 50.9 Å². The van der Waals surface area contributed by atoms with Crippen LogP contribution < -0.4 is 5.32 Å². The van der Waals surface area contributed by atoms with E-state index in [2.05, 4.69) is 11.4 Å². The van der Waals surface area contributed by atoms with Gasteiger partial charge in [0.15, 0.2) is 0 Å². The van der Waals surface area contributed by atoms with Gasteiger partial charge in [0.1, 0.15) is 5.60 Å². The molecule has 1 aromatic carbocycles. The zero-order chi connectivity index (χ0) is 17.4. The van der Waals surface area contributed by atoms with Crippen molar-refractivity contribution in [2.24, 2.45) is 5.92 Å². The van der Waals surface area contributed by atoms with E-state index in [0.717, 1.165) is 18.4 Å². The summed E-state index contributed by atoms with van der Waals surface area (Å²) in [5, 5.41) is 12.1. The molecule has 1 saturated carbocycles. The Balaban J connectivity index is 1.59. The van der Waals surface area contributed by atoms with Crippen molar-refractivity contribution < 1.29 is 14.3 Å². The molecule has 0 bridgehead atoms. The van der Waals surface area contributed by atoms with Crippen molar-refractivity contribution in [2.75, 3.05) is 13.2 Å². The van der Waals surface area contributed by atoms with Crippen LogP contribution in [0.2, 0.25) is 0 Å². The molecule has 3 rings (SSSR count). The van der Waals surface area contributed by atoms with E-state index in [1.54, 1.807) is 6.07 Å². The number of hydrogen-bond donors (Lipinski definition) is 1. The Morgan fingerprint density at radius 3 is 2.83 bits per heavy atom. The number of ether oxygens (including phenoxy) is 2. The van der Waals surface area contributed by atoms with E-state index in [1.165, 1.54) is 0 Å². The van der Waals surface area contributed by atoms with Crippen molar-refractivity contribution in [3.8, 4) is 6.07 Å². The lowest BCUT2D eigenvalue weighted by atomic mass is 9.85. The fourth-order valence-corrected chi connectivity index (χ4v) is 3.08. The molecular formula is C19H24N2O3. The molecule has 0 aromatic heterocycles. The molecule has 5 heteroatoms. The largest absolute Gasteiger partial charge is 0.372 e. The Bertz CT molecular complexity index is 668. The molecule has 0 spiro atoms. The molecule has 1 aliphatic carbocycles. The maximum Gasteiger partial charge on any atom is 0.225 e. The predicted octanol–water partition coefficient (Wildman–Crippen LogP) is 2.49. The van der Waals surface area contributed by atoms with Crippen molar-refractivity contribution in [1.29, 1.82) is 5.26 Å². The summed E-state index contributed by atoms with van der Waals surface area (Å²) in [6.07, 6.45) is 1.64. The van der Waals surface area contributed by atoms with Crippen LogP contribution in [0.5, 0.6) is 0 Å². The fourth-order valence-electron chi connectivity index (χ4n) is 3.08. The number of carbonyl (C=O) groups is 1. The van der Waals surface area contributed by atoms with E-state index in [-0.39, 0.29) is 23.5 Å². The van der Waals surface area contributed by atoms with Crippen LogP contribution in [0.25, 0.3) is 0 Å². The van der Waals surface area contributed by atoms with E-state index in [4.69, 9.17) is 14.7 Å². The van der Waals surface area contributed by atoms with Gasteiger partial charge in [-0.15, -0.1) is 0 Å². The average Bonchev–Trinajstić information content (AvgIpc) is 3.23. The first-order chi connectivity index (χ1) is 11.3. The molecule has 1 N–H and O–H groups in total. The minimum absolute atomic E-state index is 0.0187. The third-order valence-electron chi connectivity index (χ3n) is 4.52. The molecule has 128 valence electrons. The van der Waals surface area contributed by atoms with Gasteiger partial charge in [0.2, 0.25) is 5.91 Å². The normalized spacial score (nSPS) is 28.6. The molecule has 1 aliphatic heterocycles. The van der Waals surface area contributed by atoms with Gasteiger partial charge in [-0.05, 0) is 44.9 Å². The van der Waals surface area contributed by atoms with Gasteiger partial charge in [0.25, 0.3) is 0 Å². The summed E-state index contributed by atoms with van der Waals surface area (Å²) >= 11 is 0. The molecule has 24 heavy (non-hydrogen) atoms. The second-order valence-electron chi connectivity index (χ2n) is 7.61. The van der Waals surface area contributed by atoms with Crippen molar-refractivity contribution in [3.63, 3.8) is 0 Å². The van der Waals surface area contributed by atoms with Crippen LogP contribution in [-0.2, 0) is 19.9 Å². The summed E-state index contributed by atoms with van der Waals surface area (Å²) < 4.78 is 11.6. The second kappa shape index (κ2) is 6.19. The van der Waals surface area contributed by atoms with Gasteiger partial charge in [-0.25, -0.2) is 0 Å². The summed E-state index contributed by atoms with van der Waals surface area (Å²) in [6.45, 7) is 7.10. The number of carbonyl (C=O) groups excluding carboxylic acids is 1. The highest BCUT2D eigenvalue weighted by Crippen LogP contribution is 2.39. The topological polar surface area (TPSA) is 71.3 Å². The molecule has 5 nitrogen and oxygen atoms in total. The highest BCUT2D eigenvalue weighted by atomic mass is 16.5. The van der Waals surface area contributed by atoms with Crippen LogP contribution in [0.15, 0.2) is 24.3 Å². The molecular weight excluding hydrogens is 304 g/mol. The monoisotopic (exact) mass is 328 g/mol. The van der Waals surface area contributed by atoms with Gasteiger partial charge >= 0.3 is 0 Å². The second-order valence-corrected chi connectivity index (χ2v) is 7.61. The number of benzene rings is 1. The highest BCUT2D eigenvalue weighted by molar-refractivity contribution is 5.82. The first-order valence-corrected chi connectivity index (χ1v) is 8.43. The van der Waals surface area contributed by atoms with E-state index in [0.29, 0.717) is 18.7 Å². The van der Waals surface area contributed by atoms with Gasteiger partial charge < -0.3 is 14.8 Å². The predicted molar refractivity (Wildman–Crippen MR) is 89.1 cm³/mol. The number of nitrogens with one attached hydrogen (secondary N) is 1. The molecule has 1 amide bonds. The van der Waals surface area contributed by atoms with Crippen LogP contribution >= 0.6 is 0 Å². The molecule has 2 fully saturated rings. The van der Waals surface area contributed by atoms with Crippen molar-refractivity contribution >= 4 is 5.91 Å². The molecule has 2 aliphatic rings. The summed E-state index contributed by atoms with van der Waals surface area (Å²) in [7, 11) is 0. The molecule has 1 heterocycles. The highest BCUT2D eigenvalue weighted by Gasteiger charge is 2.47. The lowest BCUT2D eigenvalue weighted by Gasteiger charge is -2.42. The van der Waals surface area contributed by atoms with E-state index in [9.17, 15) is 4.79 Å². The summed E-state index contributed by atoms with van der Waals surface area (Å²) in [5.41, 5.74) is 0.828. The molecule has 1 saturated heterocycles. The lowest BCUT2D eigenvalue weighted by Crippen LogP contribution is -2.50. The Morgan fingerprint density at radius 1 is 1.50 bits per heavy atom. The van der Waals surface area contributed by atoms with Gasteiger partial charge in [0, 0.05) is 6.42 Å². The van der Waals surface area contributed by atoms with Gasteiger partial charge in [-0.3, -0.25) is 4.79 Å². The van der Waals surface area contributed by atoms with Crippen molar-refractivity contribution in [3.05, 3.63) is 35.4 Å². The maximum absolute atomic E-state index is 12.3. The zero-order valence-electron chi connectivity index (χ0n) is 14.5. The Kier molecular flexibility index (Phi) is 4.37. The molecule has 0 radical (unpaired) electrons. The smallest absolute Gasteiger partial charge is 0.225 e. The Morgan fingerprint density at radius 2 is 2.25 bits per heavy atom. The fraction of sp³-hybridized carbons (Fsp3) is 0.579. The minimum Gasteiger partial charge on any atom is -0.372 e. The van der Waals surface area contributed by atoms with Gasteiger partial charge in [-0.2, -0.15) is 5.26 Å². The number of rotatable bonds is 5. The maximum atomic E-state index is 12.3. The van der Waals surface area contributed by atoms with Gasteiger partial charge in [0.05, 0.1) is 42.4 Å². The van der Waals surface area contributed by atoms with Crippen LogP contribution in [-0.4, -0.2) is 30.8 Å². The standard InChI is InChI=1S/C19H24N2O3/c1-18(2,3)24-16-10-15(16)17(22)21-12-19(7-8-23-19)14-6-4-5-13(9-14)11-20/h4-6,9,15-16H,7-8,10,12H2,1-3H3,(H,21,22)/t15-,16-,19+/m0/s1. The summed E-state index contributed by atoms with van der Waals surface area (Å²) in [6, 6.07) is 9.57. The number of nitriles is 1. The van der Waals surface area contributed by atoms with Gasteiger partial charge in [-0.1, -0.05) is 12.1 Å². The third kappa shape index (κ3) is 3.61. The zero-order valence-corrected chi connectivity index (χ0v) is 14.5. The summed E-state index contributed by atoms with van der Waals surface area (Å²) in [5.74, 6) is -0.0395. The van der Waals surface area contributed by atoms with E-state index < -0.39 is 5.60 Å². The number of nitrogens with zero attached hydrogens (tertiary/aromatic N) is 1. The van der Waals surface area contributed by atoms with Crippen LogP contribution in [0.1, 0.15) is 44.7 Å². The van der Waals surface area contributed by atoms with E-state index in [1.807, 2.05) is 39.0 Å². The van der Waals surface area contributed by atoms with Crippen LogP contribution in [0, 0.1) is 17.2 Å². The Labute approximate surface area is 142 Å². The molecule has 3 atom stereocenters. The SMILES string of the molecule is CC(C)(C)O[C@H]1C[C@@H]1C(=O)NC[C@@]1(c2cccc(C#N)c2)CCO1. The quantitative estimate of drug-likeness (QED) is 0.901. The van der Waals surface area contributed by atoms with Crippen molar-refractivity contribution in [1.82, 2.24) is 5.32 Å². The van der Waals surface area contributed by atoms with E-state index >= 15 is 0 Å². The summed E-state index contributed by atoms with van der Waals surface area (Å²) in [4.78, 5) is 12.3. The number of amides is 1.